The zero-order valence-electron chi connectivity index (χ0n) is 16.8. The summed E-state index contributed by atoms with van der Waals surface area (Å²) in [5.74, 6) is 1.35. The number of carbonyl (C=O) groups excluding carboxylic acids is 1. The minimum absolute atomic E-state index is 0.0493. The van der Waals surface area contributed by atoms with Gasteiger partial charge in [0, 0.05) is 30.7 Å². The quantitative estimate of drug-likeness (QED) is 0.679. The van der Waals surface area contributed by atoms with Gasteiger partial charge in [0.2, 0.25) is 0 Å². The van der Waals surface area contributed by atoms with Crippen molar-refractivity contribution in [3.63, 3.8) is 0 Å². The molecule has 1 N–H and O–H groups in total. The summed E-state index contributed by atoms with van der Waals surface area (Å²) in [6, 6.07) is 8.11. The van der Waals surface area contributed by atoms with E-state index in [1.54, 1.807) is 34.9 Å². The molecule has 1 aliphatic rings. The van der Waals surface area contributed by atoms with E-state index in [0.717, 1.165) is 31.5 Å². The van der Waals surface area contributed by atoms with Gasteiger partial charge in [0.1, 0.15) is 5.82 Å². The molecule has 7 nitrogen and oxygen atoms in total. The van der Waals surface area contributed by atoms with E-state index in [1.165, 1.54) is 14.2 Å². The van der Waals surface area contributed by atoms with Crippen LogP contribution >= 0.6 is 11.6 Å². The van der Waals surface area contributed by atoms with Crippen LogP contribution < -0.4 is 20.3 Å². The normalized spacial score (nSPS) is 13.4. The topological polar surface area (TPSA) is 82.5 Å². The van der Waals surface area contributed by atoms with Gasteiger partial charge in [-0.1, -0.05) is 18.0 Å². The maximum absolute atomic E-state index is 12.9. The Balaban J connectivity index is 1.68. The highest BCUT2D eigenvalue weighted by atomic mass is 35.5. The van der Waals surface area contributed by atoms with Crippen molar-refractivity contribution in [1.29, 1.82) is 0 Å². The van der Waals surface area contributed by atoms with Crippen molar-refractivity contribution < 1.29 is 14.3 Å². The minimum Gasteiger partial charge on any atom is -0.493 e. The van der Waals surface area contributed by atoms with E-state index >= 15 is 0 Å². The predicted octanol–water partition coefficient (Wildman–Crippen LogP) is 4.05. The third kappa shape index (κ3) is 3.73. The molecule has 0 radical (unpaired) electrons. The molecule has 1 aliphatic heterocycles. The van der Waals surface area contributed by atoms with Gasteiger partial charge in [-0.3, -0.25) is 14.2 Å². The van der Waals surface area contributed by atoms with Crippen LogP contribution in [0.5, 0.6) is 11.5 Å². The van der Waals surface area contributed by atoms with Crippen LogP contribution in [0.25, 0.3) is 10.9 Å². The molecule has 3 aromatic rings. The number of rotatable bonds is 4. The number of methoxy groups -OCH3 is 2. The number of fused-ring (bicyclic) bond motifs is 2. The molecule has 0 atom stereocenters. The fourth-order valence-corrected chi connectivity index (χ4v) is 3.90. The van der Waals surface area contributed by atoms with Gasteiger partial charge in [-0.05, 0) is 31.0 Å². The van der Waals surface area contributed by atoms with E-state index in [2.05, 4.69) is 10.3 Å². The summed E-state index contributed by atoms with van der Waals surface area (Å²) >= 11 is 6.27. The van der Waals surface area contributed by atoms with Gasteiger partial charge in [0.15, 0.2) is 11.5 Å². The molecule has 2 aromatic carbocycles. The second kappa shape index (κ2) is 8.36. The molecule has 0 fully saturated rings. The van der Waals surface area contributed by atoms with Gasteiger partial charge in [0.05, 0.1) is 35.8 Å². The molecule has 0 aliphatic carbocycles. The standard InChI is InChI=1S/C22H22ClN3O4/c1-29-18-11-15(23)17(12-19(18)30-2)25-21(27)13-7-8-14-16(10-13)24-20-6-4-3-5-9-26(20)22(14)28/h7-8,10-12H,3-6,9H2,1-2H3,(H,25,27). The van der Waals surface area contributed by atoms with Crippen LogP contribution in [0, 0.1) is 0 Å². The lowest BCUT2D eigenvalue weighted by molar-refractivity contribution is 0.102. The monoisotopic (exact) mass is 427 g/mol. The Morgan fingerprint density at radius 1 is 1.10 bits per heavy atom. The molecule has 1 amide bonds. The molecule has 0 spiro atoms. The van der Waals surface area contributed by atoms with E-state index < -0.39 is 0 Å². The van der Waals surface area contributed by atoms with Crippen molar-refractivity contribution in [3.8, 4) is 11.5 Å². The maximum atomic E-state index is 12.9. The first-order valence-electron chi connectivity index (χ1n) is 9.78. The highest BCUT2D eigenvalue weighted by Gasteiger charge is 2.17. The number of anilines is 1. The summed E-state index contributed by atoms with van der Waals surface area (Å²) in [7, 11) is 3.02. The third-order valence-electron chi connectivity index (χ3n) is 5.30. The molecule has 0 saturated heterocycles. The van der Waals surface area contributed by atoms with Gasteiger partial charge >= 0.3 is 0 Å². The second-order valence-corrected chi connectivity index (χ2v) is 7.58. The Hall–Kier alpha value is -3.06. The highest BCUT2D eigenvalue weighted by Crippen LogP contribution is 2.36. The zero-order chi connectivity index (χ0) is 21.3. The van der Waals surface area contributed by atoms with Crippen LogP contribution in [0.4, 0.5) is 5.69 Å². The van der Waals surface area contributed by atoms with Crippen LogP contribution in [-0.4, -0.2) is 29.7 Å². The van der Waals surface area contributed by atoms with Crippen molar-refractivity contribution in [2.45, 2.75) is 32.2 Å². The number of hydrogen-bond donors (Lipinski definition) is 1. The van der Waals surface area contributed by atoms with Crippen molar-refractivity contribution in [2.24, 2.45) is 0 Å². The van der Waals surface area contributed by atoms with E-state index in [1.807, 2.05) is 0 Å². The number of nitrogens with zero attached hydrogens (tertiary/aromatic N) is 2. The zero-order valence-corrected chi connectivity index (χ0v) is 17.6. The lowest BCUT2D eigenvalue weighted by Crippen LogP contribution is -2.24. The summed E-state index contributed by atoms with van der Waals surface area (Å²) in [6.07, 6.45) is 3.84. The summed E-state index contributed by atoms with van der Waals surface area (Å²) in [5, 5.41) is 3.62. The third-order valence-corrected chi connectivity index (χ3v) is 5.61. The molecule has 1 aromatic heterocycles. The minimum atomic E-state index is -0.358. The Kier molecular flexibility index (Phi) is 5.63. The number of nitrogens with one attached hydrogen (secondary N) is 1. The maximum Gasteiger partial charge on any atom is 0.261 e. The molecule has 156 valence electrons. The Bertz CT molecular complexity index is 1190. The van der Waals surface area contributed by atoms with Crippen LogP contribution in [0.15, 0.2) is 35.1 Å². The first-order chi connectivity index (χ1) is 14.5. The van der Waals surface area contributed by atoms with Crippen LogP contribution in [-0.2, 0) is 13.0 Å². The molecule has 0 saturated carbocycles. The lowest BCUT2D eigenvalue weighted by Gasteiger charge is -2.13. The van der Waals surface area contributed by atoms with Crippen molar-refractivity contribution in [1.82, 2.24) is 9.55 Å². The molecule has 8 heteroatoms. The van der Waals surface area contributed by atoms with Crippen LogP contribution in [0.3, 0.4) is 0 Å². The number of aromatic nitrogens is 2. The van der Waals surface area contributed by atoms with Crippen molar-refractivity contribution in [2.75, 3.05) is 19.5 Å². The molecular weight excluding hydrogens is 406 g/mol. The molecule has 0 unspecified atom stereocenters. The predicted molar refractivity (Wildman–Crippen MR) is 116 cm³/mol. The second-order valence-electron chi connectivity index (χ2n) is 7.17. The van der Waals surface area contributed by atoms with Crippen molar-refractivity contribution >= 4 is 34.1 Å². The number of aryl methyl sites for hydroxylation is 1. The van der Waals surface area contributed by atoms with E-state index in [9.17, 15) is 9.59 Å². The number of hydrogen-bond acceptors (Lipinski definition) is 5. The van der Waals surface area contributed by atoms with Crippen molar-refractivity contribution in [3.05, 3.63) is 57.1 Å². The van der Waals surface area contributed by atoms with Crippen LogP contribution in [0.1, 0.15) is 35.4 Å². The summed E-state index contributed by atoms with van der Waals surface area (Å²) in [6.45, 7) is 0.692. The summed E-state index contributed by atoms with van der Waals surface area (Å²) in [4.78, 5) is 30.4. The number of carbonyl (C=O) groups is 1. The Labute approximate surface area is 178 Å². The fourth-order valence-electron chi connectivity index (χ4n) is 3.70. The Morgan fingerprint density at radius 3 is 2.63 bits per heavy atom. The SMILES string of the molecule is COc1cc(Cl)c(NC(=O)c2ccc3c(=O)n4c(nc3c2)CCCCC4)cc1OC. The van der Waals surface area contributed by atoms with E-state index in [0.29, 0.717) is 45.2 Å². The van der Waals surface area contributed by atoms with Gasteiger partial charge in [-0.25, -0.2) is 4.98 Å². The van der Waals surface area contributed by atoms with Gasteiger partial charge in [-0.15, -0.1) is 0 Å². The number of amides is 1. The first-order valence-corrected chi connectivity index (χ1v) is 10.2. The summed E-state index contributed by atoms with van der Waals surface area (Å²) < 4.78 is 12.2. The summed E-state index contributed by atoms with van der Waals surface area (Å²) in [5.41, 5.74) is 1.26. The highest BCUT2D eigenvalue weighted by molar-refractivity contribution is 6.34. The van der Waals surface area contributed by atoms with Crippen LogP contribution in [0.2, 0.25) is 5.02 Å². The molecule has 0 bridgehead atoms. The average molecular weight is 428 g/mol. The average Bonchev–Trinajstić information content (AvgIpc) is 3.00. The number of ether oxygens (including phenoxy) is 2. The van der Waals surface area contributed by atoms with Gasteiger partial charge in [0.25, 0.3) is 11.5 Å². The number of halogens is 1. The lowest BCUT2D eigenvalue weighted by atomic mass is 10.1. The molecule has 4 rings (SSSR count). The fraction of sp³-hybridized carbons (Fsp3) is 0.318. The smallest absolute Gasteiger partial charge is 0.261 e. The molecular formula is C22H22ClN3O4. The molecule has 2 heterocycles. The van der Waals surface area contributed by atoms with E-state index in [4.69, 9.17) is 21.1 Å². The van der Waals surface area contributed by atoms with Gasteiger partial charge < -0.3 is 14.8 Å². The largest absolute Gasteiger partial charge is 0.493 e. The van der Waals surface area contributed by atoms with Gasteiger partial charge in [-0.2, -0.15) is 0 Å². The Morgan fingerprint density at radius 2 is 1.87 bits per heavy atom. The first kappa shape index (κ1) is 20.2. The molecule has 30 heavy (non-hydrogen) atoms. The van der Waals surface area contributed by atoms with E-state index in [-0.39, 0.29) is 11.5 Å². The number of benzene rings is 2.